The molecule has 0 aliphatic rings. The maximum Gasteiger partial charge on any atom is 0.244 e. The number of likely N-dealkylation sites (N-methyl/N-ethyl adjacent to an activating group) is 1. The lowest BCUT2D eigenvalue weighted by Crippen LogP contribution is -2.54. The van der Waals surface area contributed by atoms with E-state index in [4.69, 9.17) is 4.79 Å². The number of rotatable bonds is 8. The molecule has 2 unspecified atom stereocenters. The zero-order chi connectivity index (χ0) is 19.7. The summed E-state index contributed by atoms with van der Waals surface area (Å²) in [7, 11) is 1.61. The summed E-state index contributed by atoms with van der Waals surface area (Å²) >= 11 is 0. The van der Waals surface area contributed by atoms with Gasteiger partial charge in [0, 0.05) is 26.9 Å². The molecule has 0 aliphatic heterocycles. The standard InChI is InChI=1S/C12H22N4O4.C2H6.CH2O/c1-7(17)10(13-4)5-15-12(20)11(16-9(3)19)6-14-8(2)18;2*1-2/h10-11,13H,5-6H2,1-4H3,(H,14,18)(H,15,20)(H,16,19);1-2H3;1H2. The predicted molar refractivity (Wildman–Crippen MR) is 91.3 cm³/mol. The summed E-state index contributed by atoms with van der Waals surface area (Å²) in [6, 6.07) is -1.36. The molecule has 0 fully saturated rings. The second kappa shape index (κ2) is 17.1. The van der Waals surface area contributed by atoms with Crippen LogP contribution in [-0.2, 0) is 24.0 Å². The van der Waals surface area contributed by atoms with Gasteiger partial charge in [-0.05, 0) is 14.0 Å². The van der Waals surface area contributed by atoms with Crippen LogP contribution in [0.2, 0.25) is 0 Å². The minimum absolute atomic E-state index is 0.00889. The Bertz CT molecular complexity index is 401. The fraction of sp³-hybridized carbons (Fsp3) is 0.667. The van der Waals surface area contributed by atoms with E-state index < -0.39 is 18.0 Å². The van der Waals surface area contributed by atoms with Crippen molar-refractivity contribution >= 4 is 30.3 Å². The van der Waals surface area contributed by atoms with Crippen molar-refractivity contribution in [1.82, 2.24) is 21.3 Å². The molecule has 2 atom stereocenters. The third kappa shape index (κ3) is 14.6. The first kappa shape index (κ1) is 26.6. The van der Waals surface area contributed by atoms with Crippen LogP contribution >= 0.6 is 0 Å². The molecule has 9 nitrogen and oxygen atoms in total. The Morgan fingerprint density at radius 3 is 1.62 bits per heavy atom. The van der Waals surface area contributed by atoms with Gasteiger partial charge in [0.05, 0.1) is 6.04 Å². The summed E-state index contributed by atoms with van der Waals surface area (Å²) in [5.41, 5.74) is 0. The van der Waals surface area contributed by atoms with Gasteiger partial charge in [-0.1, -0.05) is 13.8 Å². The normalized spacial score (nSPS) is 11.2. The molecule has 140 valence electrons. The highest BCUT2D eigenvalue weighted by Crippen LogP contribution is 1.87. The van der Waals surface area contributed by atoms with Crippen molar-refractivity contribution in [2.45, 2.75) is 46.7 Å². The Kier molecular flexibility index (Phi) is 18.9. The molecule has 0 aromatic heterocycles. The Morgan fingerprint density at radius 2 is 1.29 bits per heavy atom. The summed E-state index contributed by atoms with van der Waals surface area (Å²) in [5.74, 6) is -1.25. The average Bonchev–Trinajstić information content (AvgIpc) is 2.54. The highest BCUT2D eigenvalue weighted by molar-refractivity contribution is 5.88. The van der Waals surface area contributed by atoms with Gasteiger partial charge in [-0.25, -0.2) is 0 Å². The molecule has 0 bridgehead atoms. The molecule has 9 heteroatoms. The second-order valence-corrected chi connectivity index (χ2v) is 4.39. The van der Waals surface area contributed by atoms with Crippen LogP contribution in [0.4, 0.5) is 0 Å². The van der Waals surface area contributed by atoms with E-state index in [0.29, 0.717) is 0 Å². The van der Waals surface area contributed by atoms with Gasteiger partial charge in [0.1, 0.15) is 18.6 Å². The number of hydrogen-bond acceptors (Lipinski definition) is 6. The predicted octanol–water partition coefficient (Wildman–Crippen LogP) is -1.24. The van der Waals surface area contributed by atoms with Gasteiger partial charge in [-0.3, -0.25) is 19.2 Å². The Hall–Kier alpha value is -2.29. The van der Waals surface area contributed by atoms with Crippen molar-refractivity contribution in [3.8, 4) is 0 Å². The highest BCUT2D eigenvalue weighted by atomic mass is 16.2. The molecule has 0 radical (unpaired) electrons. The van der Waals surface area contributed by atoms with Crippen LogP contribution in [-0.4, -0.2) is 62.5 Å². The lowest BCUT2D eigenvalue weighted by molar-refractivity contribution is -0.128. The molecule has 0 spiro atoms. The van der Waals surface area contributed by atoms with Crippen LogP contribution in [0.5, 0.6) is 0 Å². The zero-order valence-corrected chi connectivity index (χ0v) is 15.3. The Balaban J connectivity index is -0.00000102. The lowest BCUT2D eigenvalue weighted by Gasteiger charge is -2.20. The first-order valence-electron chi connectivity index (χ1n) is 7.53. The van der Waals surface area contributed by atoms with E-state index in [1.165, 1.54) is 20.8 Å². The molecule has 0 rings (SSSR count). The summed E-state index contributed by atoms with van der Waals surface area (Å²) in [4.78, 5) is 53.0. The van der Waals surface area contributed by atoms with Gasteiger partial charge >= 0.3 is 0 Å². The van der Waals surface area contributed by atoms with Crippen LogP contribution in [0.25, 0.3) is 0 Å². The molecule has 3 amide bonds. The molecule has 0 heterocycles. The van der Waals surface area contributed by atoms with Crippen LogP contribution < -0.4 is 21.3 Å². The number of amides is 3. The molecule has 0 saturated carbocycles. The van der Waals surface area contributed by atoms with Crippen molar-refractivity contribution in [3.05, 3.63) is 0 Å². The third-order valence-corrected chi connectivity index (χ3v) is 2.57. The highest BCUT2D eigenvalue weighted by Gasteiger charge is 2.21. The monoisotopic (exact) mass is 346 g/mol. The van der Waals surface area contributed by atoms with E-state index in [1.54, 1.807) is 7.05 Å². The fourth-order valence-electron chi connectivity index (χ4n) is 1.48. The van der Waals surface area contributed by atoms with E-state index in [0.717, 1.165) is 0 Å². The molecule has 4 N–H and O–H groups in total. The van der Waals surface area contributed by atoms with E-state index in [-0.39, 0.29) is 30.7 Å². The second-order valence-electron chi connectivity index (χ2n) is 4.39. The number of nitrogens with one attached hydrogen (secondary N) is 4. The number of hydrogen-bond donors (Lipinski definition) is 4. The molecular formula is C15H30N4O5. The van der Waals surface area contributed by atoms with Gasteiger partial charge in [0.25, 0.3) is 0 Å². The van der Waals surface area contributed by atoms with Crippen LogP contribution in [0.15, 0.2) is 0 Å². The van der Waals surface area contributed by atoms with Gasteiger partial charge in [0.15, 0.2) is 0 Å². The Morgan fingerprint density at radius 1 is 0.833 bits per heavy atom. The van der Waals surface area contributed by atoms with E-state index in [1.807, 2.05) is 20.6 Å². The van der Waals surface area contributed by atoms with Crippen LogP contribution in [0.3, 0.4) is 0 Å². The van der Waals surface area contributed by atoms with E-state index in [9.17, 15) is 19.2 Å². The van der Waals surface area contributed by atoms with Crippen molar-refractivity contribution in [2.24, 2.45) is 0 Å². The minimum atomic E-state index is -0.874. The Labute approximate surface area is 143 Å². The smallest absolute Gasteiger partial charge is 0.244 e. The van der Waals surface area contributed by atoms with Gasteiger partial charge in [0.2, 0.25) is 17.7 Å². The number of ketones is 1. The first-order valence-corrected chi connectivity index (χ1v) is 7.53. The van der Waals surface area contributed by atoms with E-state index in [2.05, 4.69) is 21.3 Å². The number of carbonyl (C=O) groups is 5. The van der Waals surface area contributed by atoms with Crippen molar-refractivity contribution in [3.63, 3.8) is 0 Å². The molecular weight excluding hydrogens is 316 g/mol. The topological polar surface area (TPSA) is 133 Å². The number of Topliss-reactive ketones (excluding diaryl/α,β-unsaturated/α-hetero) is 1. The molecule has 0 aromatic carbocycles. The maximum atomic E-state index is 11.9. The van der Waals surface area contributed by atoms with Crippen LogP contribution in [0.1, 0.15) is 34.6 Å². The van der Waals surface area contributed by atoms with Gasteiger partial charge < -0.3 is 26.1 Å². The van der Waals surface area contributed by atoms with Crippen molar-refractivity contribution < 1.29 is 24.0 Å². The quantitative estimate of drug-likeness (QED) is 0.434. The summed E-state index contributed by atoms with van der Waals surface area (Å²) in [5, 5.41) is 10.2. The molecule has 0 aromatic rings. The van der Waals surface area contributed by atoms with Crippen molar-refractivity contribution in [2.75, 3.05) is 20.1 Å². The zero-order valence-electron chi connectivity index (χ0n) is 15.3. The van der Waals surface area contributed by atoms with E-state index >= 15 is 0 Å². The summed E-state index contributed by atoms with van der Waals surface area (Å²) < 4.78 is 0. The summed E-state index contributed by atoms with van der Waals surface area (Å²) in [6.45, 7) is 10.1. The lowest BCUT2D eigenvalue weighted by atomic mass is 10.2. The molecule has 0 aliphatic carbocycles. The average molecular weight is 346 g/mol. The third-order valence-electron chi connectivity index (χ3n) is 2.57. The largest absolute Gasteiger partial charge is 0.354 e. The minimum Gasteiger partial charge on any atom is -0.354 e. The van der Waals surface area contributed by atoms with Crippen molar-refractivity contribution in [1.29, 1.82) is 0 Å². The van der Waals surface area contributed by atoms with Gasteiger partial charge in [-0.15, -0.1) is 0 Å². The summed E-state index contributed by atoms with van der Waals surface area (Å²) in [6.07, 6.45) is 0. The fourth-order valence-corrected chi connectivity index (χ4v) is 1.48. The van der Waals surface area contributed by atoms with Crippen LogP contribution in [0, 0.1) is 0 Å². The number of carbonyl (C=O) groups excluding carboxylic acids is 5. The SMILES string of the molecule is C=O.CC.CNC(CNC(=O)C(CNC(C)=O)NC(C)=O)C(C)=O. The molecule has 0 saturated heterocycles. The maximum absolute atomic E-state index is 11.9. The molecule has 24 heavy (non-hydrogen) atoms. The van der Waals surface area contributed by atoms with Gasteiger partial charge in [-0.2, -0.15) is 0 Å². The first-order chi connectivity index (χ1) is 11.3.